The molecule has 0 radical (unpaired) electrons. The van der Waals surface area contributed by atoms with E-state index in [1.807, 2.05) is 12.1 Å². The number of carbonyl (C=O) groups excluding carboxylic acids is 2. The molecule has 29 heavy (non-hydrogen) atoms. The van der Waals surface area contributed by atoms with Gasteiger partial charge >= 0.3 is 0 Å². The van der Waals surface area contributed by atoms with Crippen molar-refractivity contribution in [3.63, 3.8) is 0 Å². The third kappa shape index (κ3) is 5.23. The minimum atomic E-state index is -0.711. The molecular weight excluding hydrogens is 370 g/mol. The molecule has 2 atom stereocenters. The summed E-state index contributed by atoms with van der Waals surface area (Å²) in [7, 11) is 0. The van der Waals surface area contributed by atoms with Crippen LogP contribution >= 0.6 is 0 Å². The van der Waals surface area contributed by atoms with Crippen molar-refractivity contribution in [1.82, 2.24) is 15.4 Å². The third-order valence-corrected chi connectivity index (χ3v) is 5.19. The summed E-state index contributed by atoms with van der Waals surface area (Å²) in [5.41, 5.74) is 2.98. The van der Waals surface area contributed by atoms with Crippen LogP contribution in [0.4, 0.5) is 0 Å². The van der Waals surface area contributed by atoms with E-state index in [-0.39, 0.29) is 36.6 Å². The van der Waals surface area contributed by atoms with Crippen molar-refractivity contribution in [2.75, 3.05) is 6.54 Å². The molecule has 156 valence electrons. The highest BCUT2D eigenvalue weighted by Crippen LogP contribution is 2.23. The van der Waals surface area contributed by atoms with Crippen LogP contribution in [0.1, 0.15) is 49.8 Å². The number of aromatic nitrogens is 1. The number of β-amino-alcohol motifs (C(OH)–C–C–N with tert-alkyl or cyclic N) is 1. The zero-order valence-electron chi connectivity index (χ0n) is 17.4. The highest BCUT2D eigenvalue weighted by Gasteiger charge is 2.38. The number of aliphatic hydroxyl groups is 1. The fraction of sp³-hybridized carbons (Fsp3) is 0.500. The first-order chi connectivity index (χ1) is 13.6. The van der Waals surface area contributed by atoms with Gasteiger partial charge in [-0.3, -0.25) is 9.59 Å². The van der Waals surface area contributed by atoms with E-state index in [1.165, 1.54) is 10.5 Å². The van der Waals surface area contributed by atoms with Gasteiger partial charge in [-0.05, 0) is 23.5 Å². The molecule has 1 saturated heterocycles. The number of nitrogens with one attached hydrogen (secondary N) is 1. The van der Waals surface area contributed by atoms with E-state index in [0.29, 0.717) is 18.0 Å². The summed E-state index contributed by atoms with van der Waals surface area (Å²) in [6.07, 6.45) is -0.459. The van der Waals surface area contributed by atoms with E-state index in [1.54, 1.807) is 13.0 Å². The lowest BCUT2D eigenvalue weighted by Gasteiger charge is -2.23. The molecule has 2 N–H and O–H groups in total. The van der Waals surface area contributed by atoms with Gasteiger partial charge in [0.2, 0.25) is 11.8 Å². The van der Waals surface area contributed by atoms with Crippen molar-refractivity contribution >= 4 is 11.8 Å². The largest absolute Gasteiger partial charge is 0.391 e. The Morgan fingerprint density at radius 3 is 2.55 bits per heavy atom. The molecule has 2 aromatic rings. The van der Waals surface area contributed by atoms with Gasteiger partial charge < -0.3 is 19.8 Å². The molecule has 1 aliphatic rings. The number of likely N-dealkylation sites (tertiary alicyclic amines) is 1. The van der Waals surface area contributed by atoms with Crippen LogP contribution in [0, 0.1) is 6.92 Å². The van der Waals surface area contributed by atoms with Crippen LogP contribution in [-0.2, 0) is 28.0 Å². The van der Waals surface area contributed by atoms with Crippen molar-refractivity contribution < 1.29 is 19.2 Å². The molecule has 3 rings (SSSR count). The maximum Gasteiger partial charge on any atom is 0.243 e. The molecule has 0 bridgehead atoms. The van der Waals surface area contributed by atoms with Gasteiger partial charge in [0.05, 0.1) is 18.2 Å². The lowest BCUT2D eigenvalue weighted by molar-refractivity contribution is -0.138. The summed E-state index contributed by atoms with van der Waals surface area (Å²) in [5.74, 6) is -0.0667. The molecule has 0 spiro atoms. The normalized spacial score (nSPS) is 19.4. The van der Waals surface area contributed by atoms with Gasteiger partial charge in [0.25, 0.3) is 0 Å². The Labute approximate surface area is 171 Å². The Bertz CT molecular complexity index is 867. The topological polar surface area (TPSA) is 95.7 Å². The Morgan fingerprint density at radius 1 is 1.28 bits per heavy atom. The van der Waals surface area contributed by atoms with Crippen LogP contribution < -0.4 is 5.32 Å². The molecule has 7 heteroatoms. The van der Waals surface area contributed by atoms with Crippen LogP contribution in [-0.4, -0.2) is 45.7 Å². The second-order valence-corrected chi connectivity index (χ2v) is 8.73. The van der Waals surface area contributed by atoms with Crippen molar-refractivity contribution in [3.8, 4) is 0 Å². The van der Waals surface area contributed by atoms with Gasteiger partial charge in [-0.25, -0.2) is 0 Å². The highest BCUT2D eigenvalue weighted by atomic mass is 16.5. The van der Waals surface area contributed by atoms with E-state index in [9.17, 15) is 14.7 Å². The van der Waals surface area contributed by atoms with Crippen molar-refractivity contribution in [2.45, 2.75) is 64.6 Å². The predicted octanol–water partition coefficient (Wildman–Crippen LogP) is 2.10. The number of rotatable bonds is 5. The van der Waals surface area contributed by atoms with E-state index in [2.05, 4.69) is 43.4 Å². The first-order valence-electron chi connectivity index (χ1n) is 9.90. The average molecular weight is 399 g/mol. The average Bonchev–Trinajstić information content (AvgIpc) is 3.24. The smallest absolute Gasteiger partial charge is 0.243 e. The summed E-state index contributed by atoms with van der Waals surface area (Å²) < 4.78 is 5.10. The fourth-order valence-corrected chi connectivity index (χ4v) is 3.52. The molecule has 0 saturated carbocycles. The van der Waals surface area contributed by atoms with Crippen LogP contribution in [0.5, 0.6) is 0 Å². The lowest BCUT2D eigenvalue weighted by atomic mass is 9.87. The summed E-state index contributed by atoms with van der Waals surface area (Å²) in [6, 6.07) is 9.14. The molecule has 2 amide bonds. The van der Waals surface area contributed by atoms with Gasteiger partial charge in [-0.1, -0.05) is 50.2 Å². The lowest BCUT2D eigenvalue weighted by Crippen LogP contribution is -2.46. The van der Waals surface area contributed by atoms with Gasteiger partial charge in [0, 0.05) is 25.6 Å². The van der Waals surface area contributed by atoms with E-state index >= 15 is 0 Å². The van der Waals surface area contributed by atoms with Crippen molar-refractivity contribution in [1.29, 1.82) is 0 Å². The second kappa shape index (κ2) is 8.37. The minimum absolute atomic E-state index is 0.0194. The van der Waals surface area contributed by atoms with Crippen LogP contribution in [0.15, 0.2) is 34.9 Å². The van der Waals surface area contributed by atoms with E-state index < -0.39 is 12.1 Å². The Balaban J connectivity index is 1.60. The number of carbonyl (C=O) groups is 2. The SMILES string of the molecule is Cc1cc(CC(=O)N2C[C@H](O)C[C@H]2C(=O)NCc2ccc(C(C)(C)C)cc2)on1. The summed E-state index contributed by atoms with van der Waals surface area (Å²) in [5, 5.41) is 16.7. The zero-order valence-corrected chi connectivity index (χ0v) is 17.4. The molecule has 1 aromatic carbocycles. The van der Waals surface area contributed by atoms with Crippen LogP contribution in [0.3, 0.4) is 0 Å². The molecule has 7 nitrogen and oxygen atoms in total. The number of aliphatic hydroxyl groups excluding tert-OH is 1. The summed E-state index contributed by atoms with van der Waals surface area (Å²) in [4.78, 5) is 26.8. The maximum atomic E-state index is 12.7. The first kappa shape index (κ1) is 21.0. The number of amides is 2. The molecule has 1 aliphatic heterocycles. The first-order valence-corrected chi connectivity index (χ1v) is 9.90. The zero-order chi connectivity index (χ0) is 21.2. The number of hydrogen-bond donors (Lipinski definition) is 2. The van der Waals surface area contributed by atoms with Crippen molar-refractivity contribution in [3.05, 3.63) is 52.9 Å². The Morgan fingerprint density at radius 2 is 1.97 bits per heavy atom. The number of nitrogens with zero attached hydrogens (tertiary/aromatic N) is 2. The quantitative estimate of drug-likeness (QED) is 0.803. The maximum absolute atomic E-state index is 12.7. The molecular formula is C22H29N3O4. The van der Waals surface area contributed by atoms with Crippen LogP contribution in [0.2, 0.25) is 0 Å². The molecule has 1 fully saturated rings. The molecule has 0 unspecified atom stereocenters. The van der Waals surface area contributed by atoms with Gasteiger partial charge in [-0.15, -0.1) is 0 Å². The minimum Gasteiger partial charge on any atom is -0.391 e. The molecule has 2 heterocycles. The number of hydrogen-bond acceptors (Lipinski definition) is 5. The molecule has 1 aromatic heterocycles. The van der Waals surface area contributed by atoms with Gasteiger partial charge in [0.15, 0.2) is 0 Å². The van der Waals surface area contributed by atoms with Crippen molar-refractivity contribution in [2.24, 2.45) is 0 Å². The predicted molar refractivity (Wildman–Crippen MR) is 108 cm³/mol. The Hall–Kier alpha value is -2.67. The van der Waals surface area contributed by atoms with E-state index in [4.69, 9.17) is 4.52 Å². The third-order valence-electron chi connectivity index (χ3n) is 5.19. The Kier molecular flexibility index (Phi) is 6.07. The summed E-state index contributed by atoms with van der Waals surface area (Å²) in [6.45, 7) is 8.76. The fourth-order valence-electron chi connectivity index (χ4n) is 3.52. The van der Waals surface area contributed by atoms with Gasteiger partial charge in [0.1, 0.15) is 11.8 Å². The monoisotopic (exact) mass is 399 g/mol. The van der Waals surface area contributed by atoms with Gasteiger partial charge in [-0.2, -0.15) is 0 Å². The highest BCUT2D eigenvalue weighted by molar-refractivity contribution is 5.89. The standard InChI is InChI=1S/C22H29N3O4/c1-14-9-18(29-24-14)11-20(27)25-13-17(26)10-19(25)21(28)23-12-15-5-7-16(8-6-15)22(2,3)4/h5-9,17,19,26H,10-13H2,1-4H3,(H,23,28)/t17-,19+/m1/s1. The van der Waals surface area contributed by atoms with Crippen LogP contribution in [0.25, 0.3) is 0 Å². The molecule has 0 aliphatic carbocycles. The van der Waals surface area contributed by atoms with E-state index in [0.717, 1.165) is 5.56 Å². The number of aryl methyl sites for hydroxylation is 1. The second-order valence-electron chi connectivity index (χ2n) is 8.73. The number of benzene rings is 1. The summed E-state index contributed by atoms with van der Waals surface area (Å²) >= 11 is 0.